The van der Waals surface area contributed by atoms with Crippen LogP contribution < -0.4 is 59.3 Å². The molecule has 0 aliphatic rings. The number of rotatable bonds is 33. The van der Waals surface area contributed by atoms with Crippen molar-refractivity contribution in [2.24, 2.45) is 29.0 Å². The van der Waals surface area contributed by atoms with Gasteiger partial charge in [0, 0.05) is 60.5 Å². The Labute approximate surface area is 446 Å². The molecule has 0 fully saturated rings. The van der Waals surface area contributed by atoms with Gasteiger partial charge < -0.3 is 64.3 Å². The zero-order valence-electron chi connectivity index (χ0n) is 42.9. The van der Waals surface area contributed by atoms with Crippen LogP contribution in [-0.4, -0.2) is 144 Å². The first-order chi connectivity index (χ1) is 35.1. The first-order valence-electron chi connectivity index (χ1n) is 24.5. The van der Waals surface area contributed by atoms with Gasteiger partial charge in [0.15, 0.2) is 0 Å². The predicted octanol–water partition coefficient (Wildman–Crippen LogP) is 0.815. The number of nitrogens with zero attached hydrogens (tertiary/aromatic N) is 1. The van der Waals surface area contributed by atoms with E-state index in [-0.39, 0.29) is 38.0 Å². The summed E-state index contributed by atoms with van der Waals surface area (Å²) in [6, 6.07) is 6.36. The average molecular weight is 1090 g/mol. The van der Waals surface area contributed by atoms with Crippen LogP contribution in [0.3, 0.4) is 0 Å². The zero-order valence-corrected chi connectivity index (χ0v) is 45.2. The molecule has 24 heteroatoms. The first-order valence-corrected chi connectivity index (χ1v) is 27.0. The molecule has 3 rings (SSSR count). The van der Waals surface area contributed by atoms with Gasteiger partial charge in [0.1, 0.15) is 36.3 Å². The third-order valence-electron chi connectivity index (χ3n) is 11.9. The van der Waals surface area contributed by atoms with E-state index in [1.165, 1.54) is 18.7 Å². The molecule has 0 unspecified atom stereocenters. The molecular weight excluding hydrogens is 1020 g/mol. The number of benzene rings is 2. The molecule has 0 aliphatic carbocycles. The standard InChI is InChI=1S/C50H74Cl2N12O9S/c1-28(2)23-39(49(72)60-37(44(55)67)17-22-74-6)59-42(66)27-57-50(73)43(29(3)4)63-45(68)30(5)58-48(71)40(25-32-26-56-36-10-8-7-9-34(32)36)62-47(70)38(15-16-41(54)65)61-46(69)35(53)24-31-11-13-33(14-12-31)64(20-18-51)21-19-52/h7-14,26,28-30,35,37-40,43,56H,15-25,27,53H2,1-6H3,(H2,54,65)(H2,55,67)(H,57,73)(H,58,71)(H,59,66)(H,60,72)(H,61,69)(H,62,70)(H,63,68)/t30-,35-,37-,38-,39-,40-,43-/m0/s1. The molecule has 0 radical (unpaired) electrons. The van der Waals surface area contributed by atoms with Crippen molar-refractivity contribution in [2.75, 3.05) is 48.3 Å². The Hall–Kier alpha value is -6.10. The lowest BCUT2D eigenvalue weighted by Gasteiger charge is -2.27. The highest BCUT2D eigenvalue weighted by molar-refractivity contribution is 7.98. The minimum absolute atomic E-state index is 0.0355. The number of anilines is 1. The number of amides is 9. The van der Waals surface area contributed by atoms with Gasteiger partial charge in [-0.1, -0.05) is 58.0 Å². The maximum Gasteiger partial charge on any atom is 0.243 e. The molecule has 408 valence electrons. The minimum atomic E-state index is -1.36. The fourth-order valence-electron chi connectivity index (χ4n) is 7.81. The Morgan fingerprint density at radius 3 is 1.88 bits per heavy atom. The van der Waals surface area contributed by atoms with Crippen molar-refractivity contribution in [3.8, 4) is 0 Å². The van der Waals surface area contributed by atoms with Crippen molar-refractivity contribution >= 4 is 105 Å². The van der Waals surface area contributed by atoms with Crippen molar-refractivity contribution in [1.82, 2.24) is 42.2 Å². The Morgan fingerprint density at radius 1 is 0.676 bits per heavy atom. The maximum atomic E-state index is 14.2. The van der Waals surface area contributed by atoms with E-state index in [0.29, 0.717) is 42.6 Å². The Kier molecular flexibility index (Phi) is 26.6. The molecule has 7 atom stereocenters. The number of carbonyl (C=O) groups is 9. The van der Waals surface area contributed by atoms with Crippen molar-refractivity contribution in [1.29, 1.82) is 0 Å². The summed E-state index contributed by atoms with van der Waals surface area (Å²) >= 11 is 13.4. The molecule has 0 aliphatic heterocycles. The smallest absolute Gasteiger partial charge is 0.243 e. The van der Waals surface area contributed by atoms with Crippen molar-refractivity contribution in [3.05, 3.63) is 65.9 Å². The largest absolute Gasteiger partial charge is 0.370 e. The van der Waals surface area contributed by atoms with Gasteiger partial charge in [-0.2, -0.15) is 11.8 Å². The predicted molar refractivity (Wildman–Crippen MR) is 289 cm³/mol. The molecule has 9 amide bonds. The second-order valence-corrected chi connectivity index (χ2v) is 20.4. The van der Waals surface area contributed by atoms with Gasteiger partial charge in [0.2, 0.25) is 53.2 Å². The third-order valence-corrected chi connectivity index (χ3v) is 12.9. The zero-order chi connectivity index (χ0) is 55.1. The highest BCUT2D eigenvalue weighted by atomic mass is 35.5. The lowest BCUT2D eigenvalue weighted by Crippen LogP contribution is -2.59. The van der Waals surface area contributed by atoms with E-state index < -0.39 is 108 Å². The van der Waals surface area contributed by atoms with E-state index in [1.54, 1.807) is 26.1 Å². The molecule has 1 aromatic heterocycles. The SMILES string of the molecule is CSCC[C@H](NC(=O)[C@H](CC(C)C)NC(=O)CNC(=O)[C@@H](NC(=O)[C@H](C)NC(=O)[C@H](Cc1c[nH]c2ccccc12)NC(=O)[C@H](CCC(N)=O)NC(=O)[C@@H](N)Cc1ccc(N(CCCl)CCCl)cc1)C(C)C)C(N)=O. The van der Waals surface area contributed by atoms with Gasteiger partial charge in [-0.3, -0.25) is 43.2 Å². The number of nitrogens with one attached hydrogen (secondary N) is 8. The van der Waals surface area contributed by atoms with Gasteiger partial charge in [-0.15, -0.1) is 23.2 Å². The van der Waals surface area contributed by atoms with E-state index >= 15 is 0 Å². The third kappa shape index (κ3) is 20.7. The number of aromatic nitrogens is 1. The molecule has 2 aromatic carbocycles. The normalized spacial score (nSPS) is 14.1. The summed E-state index contributed by atoms with van der Waals surface area (Å²) in [6.07, 6.45) is 3.54. The fourth-order valence-corrected chi connectivity index (χ4v) is 8.69. The van der Waals surface area contributed by atoms with Crippen LogP contribution in [0.5, 0.6) is 0 Å². The van der Waals surface area contributed by atoms with Crippen LogP contribution in [0.2, 0.25) is 0 Å². The molecule has 0 bridgehead atoms. The number of hydrogen-bond acceptors (Lipinski definition) is 12. The summed E-state index contributed by atoms with van der Waals surface area (Å²) in [7, 11) is 0. The van der Waals surface area contributed by atoms with Crippen LogP contribution in [0.25, 0.3) is 10.9 Å². The fraction of sp³-hybridized carbons (Fsp3) is 0.540. The number of halogens is 2. The van der Waals surface area contributed by atoms with Crippen LogP contribution in [0, 0.1) is 11.8 Å². The van der Waals surface area contributed by atoms with Crippen molar-refractivity contribution in [2.45, 2.75) is 115 Å². The van der Waals surface area contributed by atoms with Gasteiger partial charge in [0.25, 0.3) is 0 Å². The van der Waals surface area contributed by atoms with Crippen LogP contribution in [-0.2, 0) is 56.0 Å². The Morgan fingerprint density at radius 2 is 1.28 bits per heavy atom. The quantitative estimate of drug-likeness (QED) is 0.0378. The Balaban J connectivity index is 1.75. The summed E-state index contributed by atoms with van der Waals surface area (Å²) in [5.41, 5.74) is 20.3. The number of thioether (sulfide) groups is 1. The summed E-state index contributed by atoms with van der Waals surface area (Å²) in [5.74, 6) is -5.75. The molecule has 21 nitrogen and oxygen atoms in total. The van der Waals surface area contributed by atoms with Crippen molar-refractivity contribution in [3.63, 3.8) is 0 Å². The number of para-hydroxylation sites is 1. The van der Waals surface area contributed by atoms with Crippen LogP contribution in [0.15, 0.2) is 54.7 Å². The number of nitrogens with two attached hydrogens (primary N) is 3. The van der Waals surface area contributed by atoms with Crippen LogP contribution in [0.4, 0.5) is 5.69 Å². The monoisotopic (exact) mass is 1090 g/mol. The molecule has 3 aromatic rings. The second kappa shape index (κ2) is 31.6. The lowest BCUT2D eigenvalue weighted by atomic mass is 10.0. The molecule has 74 heavy (non-hydrogen) atoms. The number of carbonyl (C=O) groups excluding carboxylic acids is 9. The summed E-state index contributed by atoms with van der Waals surface area (Å²) in [4.78, 5) is 124. The van der Waals surface area contributed by atoms with E-state index in [0.717, 1.165) is 22.2 Å². The molecule has 0 saturated carbocycles. The second-order valence-electron chi connectivity index (χ2n) is 18.7. The molecule has 14 N–H and O–H groups in total. The number of primary amides is 2. The lowest BCUT2D eigenvalue weighted by molar-refractivity contribution is -0.135. The number of alkyl halides is 2. The van der Waals surface area contributed by atoms with E-state index in [1.807, 2.05) is 67.5 Å². The van der Waals surface area contributed by atoms with Gasteiger partial charge >= 0.3 is 0 Å². The summed E-state index contributed by atoms with van der Waals surface area (Å²) in [6.45, 7) is 9.01. The highest BCUT2D eigenvalue weighted by Crippen LogP contribution is 2.20. The van der Waals surface area contributed by atoms with Gasteiger partial charge in [-0.05, 0) is 85.8 Å². The number of H-pyrrole nitrogens is 1. The average Bonchev–Trinajstić information content (AvgIpc) is 3.76. The first kappa shape index (κ1) is 62.2. The van der Waals surface area contributed by atoms with Crippen LogP contribution in [0.1, 0.15) is 71.4 Å². The van der Waals surface area contributed by atoms with Gasteiger partial charge in [-0.25, -0.2) is 0 Å². The summed E-state index contributed by atoms with van der Waals surface area (Å²) in [5, 5.41) is 19.0. The van der Waals surface area contributed by atoms with E-state index in [9.17, 15) is 43.2 Å². The van der Waals surface area contributed by atoms with E-state index in [2.05, 4.69) is 42.2 Å². The number of fused-ring (bicyclic) bond motifs is 1. The minimum Gasteiger partial charge on any atom is -0.370 e. The number of hydrogen-bond donors (Lipinski definition) is 11. The number of aromatic amines is 1. The summed E-state index contributed by atoms with van der Waals surface area (Å²) < 4.78 is 0. The molecule has 0 saturated heterocycles. The molecule has 0 spiro atoms. The topological polar surface area (TPSA) is 335 Å². The van der Waals surface area contributed by atoms with Crippen molar-refractivity contribution < 1.29 is 43.2 Å². The Bertz CT molecular complexity index is 2370. The molecule has 1 heterocycles. The molecular formula is C50H74Cl2N12O9S. The van der Waals surface area contributed by atoms with Gasteiger partial charge in [0.05, 0.1) is 12.6 Å². The van der Waals surface area contributed by atoms with Crippen LogP contribution >= 0.6 is 35.0 Å². The maximum absolute atomic E-state index is 14.2. The van der Waals surface area contributed by atoms with E-state index in [4.69, 9.17) is 40.4 Å². The highest BCUT2D eigenvalue weighted by Gasteiger charge is 2.33.